The fraction of sp³-hybridized carbons (Fsp3) is 0.762. The lowest BCUT2D eigenvalue weighted by molar-refractivity contribution is 0.0147. The van der Waals surface area contributed by atoms with Gasteiger partial charge in [-0.2, -0.15) is 0 Å². The van der Waals surface area contributed by atoms with E-state index in [-0.39, 0.29) is 35.5 Å². The molecule has 2 rings (SSSR count). The van der Waals surface area contributed by atoms with Crippen molar-refractivity contribution in [3.05, 3.63) is 17.8 Å². The molecular formula is C21H39IN6O3. The standard InChI is InChI=1S/C21H38N6O3.HI/c1-20(2,3)16-14-24-17(29-16)15-25-18(22-7)23-8-9-26-10-12-27(13-11-26)19(28)30-21(4,5)6;/h14H,8-13,15H2,1-7H3,(H2,22,23,25);1H. The second kappa shape index (κ2) is 11.9. The van der Waals surface area contributed by atoms with Crippen molar-refractivity contribution in [3.63, 3.8) is 0 Å². The van der Waals surface area contributed by atoms with Crippen LogP contribution < -0.4 is 10.6 Å². The van der Waals surface area contributed by atoms with Gasteiger partial charge in [0.2, 0.25) is 5.89 Å². The minimum Gasteiger partial charge on any atom is -0.444 e. The molecule has 0 aliphatic carbocycles. The van der Waals surface area contributed by atoms with Crippen molar-refractivity contribution in [1.29, 1.82) is 0 Å². The second-order valence-corrected chi connectivity index (χ2v) is 9.53. The molecule has 1 amide bonds. The maximum atomic E-state index is 12.1. The first kappa shape index (κ1) is 27.5. The van der Waals surface area contributed by atoms with Gasteiger partial charge in [-0.05, 0) is 20.8 Å². The lowest BCUT2D eigenvalue weighted by Crippen LogP contribution is -2.51. The monoisotopic (exact) mass is 550 g/mol. The lowest BCUT2D eigenvalue weighted by atomic mass is 9.94. The summed E-state index contributed by atoms with van der Waals surface area (Å²) < 4.78 is 11.2. The minimum atomic E-state index is -0.458. The normalized spacial score (nSPS) is 16.0. The van der Waals surface area contributed by atoms with E-state index in [1.54, 1.807) is 18.1 Å². The molecule has 1 aromatic rings. The zero-order valence-corrected chi connectivity index (χ0v) is 22.3. The highest BCUT2D eigenvalue weighted by Crippen LogP contribution is 2.22. The van der Waals surface area contributed by atoms with Crippen molar-refractivity contribution >= 4 is 36.0 Å². The number of ether oxygens (including phenoxy) is 1. The first-order chi connectivity index (χ1) is 14.0. The number of halogens is 1. The molecule has 1 fully saturated rings. The second-order valence-electron chi connectivity index (χ2n) is 9.53. The molecule has 9 nitrogen and oxygen atoms in total. The first-order valence-corrected chi connectivity index (χ1v) is 10.6. The van der Waals surface area contributed by atoms with Gasteiger partial charge in [-0.3, -0.25) is 9.89 Å². The van der Waals surface area contributed by atoms with Crippen molar-refractivity contribution in [2.45, 2.75) is 59.1 Å². The van der Waals surface area contributed by atoms with Crippen LogP contribution in [0.3, 0.4) is 0 Å². The number of hydrogen-bond acceptors (Lipinski definition) is 6. The fourth-order valence-corrected chi connectivity index (χ4v) is 2.93. The van der Waals surface area contributed by atoms with Crippen LogP contribution in [0, 0.1) is 0 Å². The van der Waals surface area contributed by atoms with E-state index >= 15 is 0 Å². The van der Waals surface area contributed by atoms with Crippen LogP contribution in [0.1, 0.15) is 53.2 Å². The highest BCUT2D eigenvalue weighted by molar-refractivity contribution is 14.0. The Hall–Kier alpha value is -1.56. The molecule has 178 valence electrons. The van der Waals surface area contributed by atoms with Gasteiger partial charge in [0.15, 0.2) is 5.96 Å². The van der Waals surface area contributed by atoms with Gasteiger partial charge in [0.1, 0.15) is 11.4 Å². The number of carbonyl (C=O) groups excluding carboxylic acids is 1. The van der Waals surface area contributed by atoms with Crippen LogP contribution in [0.2, 0.25) is 0 Å². The number of hydrogen-bond donors (Lipinski definition) is 2. The number of rotatable bonds is 5. The molecule has 10 heteroatoms. The molecule has 1 aliphatic rings. The van der Waals surface area contributed by atoms with Crippen LogP contribution in [-0.4, -0.2) is 78.8 Å². The summed E-state index contributed by atoms with van der Waals surface area (Å²) in [7, 11) is 1.74. The smallest absolute Gasteiger partial charge is 0.410 e. The summed E-state index contributed by atoms with van der Waals surface area (Å²) in [4.78, 5) is 24.8. The Balaban J connectivity index is 0.00000480. The first-order valence-electron chi connectivity index (χ1n) is 10.6. The molecule has 31 heavy (non-hydrogen) atoms. The van der Waals surface area contributed by atoms with Gasteiger partial charge in [-0.1, -0.05) is 20.8 Å². The van der Waals surface area contributed by atoms with Crippen LogP contribution in [0.25, 0.3) is 0 Å². The summed E-state index contributed by atoms with van der Waals surface area (Å²) >= 11 is 0. The highest BCUT2D eigenvalue weighted by Gasteiger charge is 2.25. The van der Waals surface area contributed by atoms with Crippen molar-refractivity contribution in [2.24, 2.45) is 4.99 Å². The van der Waals surface area contributed by atoms with E-state index in [1.165, 1.54) is 0 Å². The van der Waals surface area contributed by atoms with Gasteiger partial charge in [-0.15, -0.1) is 24.0 Å². The van der Waals surface area contributed by atoms with Gasteiger partial charge in [-0.25, -0.2) is 9.78 Å². The topological polar surface area (TPSA) is 95.2 Å². The molecule has 0 aromatic carbocycles. The Morgan fingerprint density at radius 3 is 2.32 bits per heavy atom. The molecule has 0 spiro atoms. The summed E-state index contributed by atoms with van der Waals surface area (Å²) in [6.45, 7) is 17.1. The van der Waals surface area contributed by atoms with Crippen molar-refractivity contribution in [3.8, 4) is 0 Å². The number of guanidine groups is 1. The Kier molecular flexibility index (Phi) is 10.5. The Morgan fingerprint density at radius 1 is 1.16 bits per heavy atom. The quantitative estimate of drug-likeness (QED) is 0.331. The molecule has 2 N–H and O–H groups in total. The molecule has 0 unspecified atom stereocenters. The van der Waals surface area contributed by atoms with Crippen LogP contribution in [-0.2, 0) is 16.7 Å². The van der Waals surface area contributed by atoms with Gasteiger partial charge in [0, 0.05) is 51.7 Å². The average Bonchev–Trinajstić information content (AvgIpc) is 3.13. The number of aromatic nitrogens is 1. The molecule has 0 saturated carbocycles. The highest BCUT2D eigenvalue weighted by atomic mass is 127. The maximum Gasteiger partial charge on any atom is 0.410 e. The molecule has 2 heterocycles. The van der Waals surface area contributed by atoms with Gasteiger partial charge >= 0.3 is 6.09 Å². The summed E-state index contributed by atoms with van der Waals surface area (Å²) in [5, 5.41) is 6.54. The van der Waals surface area contributed by atoms with E-state index in [1.807, 2.05) is 20.8 Å². The molecule has 0 atom stereocenters. The minimum absolute atomic E-state index is 0. The van der Waals surface area contributed by atoms with E-state index < -0.39 is 5.60 Å². The van der Waals surface area contributed by atoms with Crippen LogP contribution >= 0.6 is 24.0 Å². The number of nitrogens with one attached hydrogen (secondary N) is 2. The average molecular weight is 550 g/mol. The van der Waals surface area contributed by atoms with E-state index in [9.17, 15) is 4.79 Å². The Labute approximate surface area is 203 Å². The number of piperazine rings is 1. The van der Waals surface area contributed by atoms with E-state index in [2.05, 4.69) is 46.3 Å². The largest absolute Gasteiger partial charge is 0.444 e. The van der Waals surface area contributed by atoms with Crippen molar-refractivity contribution < 1.29 is 13.9 Å². The number of amides is 1. The summed E-state index contributed by atoms with van der Waals surface area (Å²) in [5.74, 6) is 2.21. The lowest BCUT2D eigenvalue weighted by Gasteiger charge is -2.35. The Morgan fingerprint density at radius 2 is 1.81 bits per heavy atom. The number of oxazole rings is 1. The number of carbonyl (C=O) groups is 1. The van der Waals surface area contributed by atoms with Crippen LogP contribution in [0.4, 0.5) is 4.79 Å². The van der Waals surface area contributed by atoms with Gasteiger partial charge in [0.25, 0.3) is 0 Å². The summed E-state index contributed by atoms with van der Waals surface area (Å²) in [6, 6.07) is 0. The third kappa shape index (κ3) is 9.63. The molecule has 0 bridgehead atoms. The molecule has 1 aliphatic heterocycles. The molecule has 1 saturated heterocycles. The van der Waals surface area contributed by atoms with E-state index in [0.717, 1.165) is 31.9 Å². The maximum absolute atomic E-state index is 12.1. The van der Waals surface area contributed by atoms with Crippen LogP contribution in [0.15, 0.2) is 15.6 Å². The number of aliphatic imine (C=N–C) groups is 1. The van der Waals surface area contributed by atoms with Crippen molar-refractivity contribution in [2.75, 3.05) is 46.3 Å². The number of nitrogens with zero attached hydrogens (tertiary/aromatic N) is 4. The predicted molar refractivity (Wildman–Crippen MR) is 133 cm³/mol. The summed E-state index contributed by atoms with van der Waals surface area (Å²) in [5.41, 5.74) is -0.515. The fourth-order valence-electron chi connectivity index (χ4n) is 2.93. The van der Waals surface area contributed by atoms with Gasteiger partial charge < -0.3 is 24.7 Å². The Bertz CT molecular complexity index is 715. The summed E-state index contributed by atoms with van der Waals surface area (Å²) in [6.07, 6.45) is 1.55. The van der Waals surface area contributed by atoms with Crippen LogP contribution in [0.5, 0.6) is 0 Å². The zero-order valence-electron chi connectivity index (χ0n) is 19.9. The van der Waals surface area contributed by atoms with Crippen molar-refractivity contribution in [1.82, 2.24) is 25.4 Å². The molecule has 1 aromatic heterocycles. The predicted octanol–water partition coefficient (Wildman–Crippen LogP) is 2.81. The third-order valence-electron chi connectivity index (χ3n) is 4.67. The zero-order chi connectivity index (χ0) is 22.4. The SMILES string of the molecule is CN=C(NCCN1CCN(C(=O)OC(C)(C)C)CC1)NCc1ncc(C(C)(C)C)o1.I. The van der Waals surface area contributed by atoms with Gasteiger partial charge in [0.05, 0.1) is 12.7 Å². The molecule has 0 radical (unpaired) electrons. The van der Waals surface area contributed by atoms with E-state index in [4.69, 9.17) is 9.15 Å². The third-order valence-corrected chi connectivity index (χ3v) is 4.67. The molecular weight excluding hydrogens is 511 g/mol. The van der Waals surface area contributed by atoms with E-state index in [0.29, 0.717) is 31.5 Å².